The van der Waals surface area contributed by atoms with E-state index in [0.29, 0.717) is 17.9 Å². The van der Waals surface area contributed by atoms with E-state index in [1.54, 1.807) is 18.2 Å². The molecule has 0 N–H and O–H groups in total. The van der Waals surface area contributed by atoms with Gasteiger partial charge in [-0.25, -0.2) is 4.39 Å². The molecule has 1 aliphatic rings. The molecule has 0 spiro atoms. The Kier molecular flexibility index (Phi) is 4.16. The molecule has 0 unspecified atom stereocenters. The second-order valence-corrected chi connectivity index (χ2v) is 4.61. The molecule has 1 aromatic rings. The van der Waals surface area contributed by atoms with E-state index in [1.807, 2.05) is 0 Å². The number of piperidine rings is 1. The molecule has 0 bridgehead atoms. The first-order valence-corrected chi connectivity index (χ1v) is 6.18. The van der Waals surface area contributed by atoms with Gasteiger partial charge >= 0.3 is 0 Å². The number of hydrogen-bond donors (Lipinski definition) is 0. The highest BCUT2D eigenvalue weighted by molar-refractivity contribution is 5.31. The number of nitrogens with zero attached hydrogens (tertiary/aromatic N) is 2. The summed E-state index contributed by atoms with van der Waals surface area (Å²) in [6, 6.07) is 7.51. The van der Waals surface area contributed by atoms with E-state index in [-0.39, 0.29) is 11.7 Å². The van der Waals surface area contributed by atoms with Crippen LogP contribution in [-0.4, -0.2) is 25.1 Å². The maximum Gasteiger partial charge on any atom is 0.169 e. The topological polar surface area (TPSA) is 36.3 Å². The molecule has 0 atom stereocenters. The van der Waals surface area contributed by atoms with Gasteiger partial charge < -0.3 is 4.74 Å². The van der Waals surface area contributed by atoms with Crippen LogP contribution in [0.4, 0.5) is 4.39 Å². The number of rotatable bonds is 3. The molecule has 96 valence electrons. The number of nitriles is 1. The summed E-state index contributed by atoms with van der Waals surface area (Å²) in [4.78, 5) is 2.19. The number of halogens is 1. The first kappa shape index (κ1) is 12.8. The second-order valence-electron chi connectivity index (χ2n) is 4.61. The van der Waals surface area contributed by atoms with Crippen molar-refractivity contribution in [2.24, 2.45) is 5.92 Å². The van der Waals surface area contributed by atoms with Gasteiger partial charge in [-0.15, -0.1) is 0 Å². The van der Waals surface area contributed by atoms with Gasteiger partial charge in [0.25, 0.3) is 0 Å². The van der Waals surface area contributed by atoms with Crippen molar-refractivity contribution in [3.8, 4) is 11.8 Å². The van der Waals surface area contributed by atoms with Gasteiger partial charge in [-0.05, 0) is 32.0 Å². The molecule has 3 nitrogen and oxygen atoms in total. The molecule has 18 heavy (non-hydrogen) atoms. The quantitative estimate of drug-likeness (QED) is 0.824. The lowest BCUT2D eigenvalue weighted by molar-refractivity contribution is 0.195. The number of likely N-dealkylation sites (tertiary alicyclic amines) is 1. The van der Waals surface area contributed by atoms with Crippen LogP contribution in [0.1, 0.15) is 18.4 Å². The van der Waals surface area contributed by atoms with Crippen LogP contribution in [0.2, 0.25) is 0 Å². The molecule has 1 aromatic carbocycles. The van der Waals surface area contributed by atoms with Crippen molar-refractivity contribution < 1.29 is 9.13 Å². The van der Waals surface area contributed by atoms with Gasteiger partial charge in [0.2, 0.25) is 0 Å². The third-order valence-corrected chi connectivity index (χ3v) is 3.43. The van der Waals surface area contributed by atoms with Crippen LogP contribution >= 0.6 is 0 Å². The van der Waals surface area contributed by atoms with Crippen molar-refractivity contribution in [2.75, 3.05) is 20.2 Å². The maximum absolute atomic E-state index is 14.0. The summed E-state index contributed by atoms with van der Waals surface area (Å²) < 4.78 is 18.9. The molecular weight excluding hydrogens is 231 g/mol. The zero-order valence-electron chi connectivity index (χ0n) is 10.5. The molecule has 0 radical (unpaired) electrons. The number of ether oxygens (including phenoxy) is 1. The fourth-order valence-electron chi connectivity index (χ4n) is 2.30. The van der Waals surface area contributed by atoms with E-state index < -0.39 is 0 Å². The smallest absolute Gasteiger partial charge is 0.169 e. The Morgan fingerprint density at radius 1 is 1.44 bits per heavy atom. The van der Waals surface area contributed by atoms with Gasteiger partial charge in [-0.3, -0.25) is 4.90 Å². The molecule has 0 aromatic heterocycles. The molecule has 1 saturated heterocycles. The predicted molar refractivity (Wildman–Crippen MR) is 66.6 cm³/mol. The van der Waals surface area contributed by atoms with Gasteiger partial charge in [0, 0.05) is 18.0 Å². The van der Waals surface area contributed by atoms with Gasteiger partial charge in [-0.2, -0.15) is 5.26 Å². The predicted octanol–water partition coefficient (Wildman–Crippen LogP) is 2.57. The van der Waals surface area contributed by atoms with E-state index in [1.165, 1.54) is 7.11 Å². The molecular formula is C14H17FN2O. The van der Waals surface area contributed by atoms with E-state index in [0.717, 1.165) is 25.9 Å². The first-order chi connectivity index (χ1) is 8.74. The van der Waals surface area contributed by atoms with Crippen molar-refractivity contribution in [1.29, 1.82) is 5.26 Å². The minimum absolute atomic E-state index is 0.163. The Morgan fingerprint density at radius 3 is 2.78 bits per heavy atom. The standard InChI is InChI=1S/C14H17FN2O/c1-18-13-4-2-3-12(14(13)15)10-17-7-5-11(9-16)6-8-17/h2-4,11H,5-8,10H2,1H3. The van der Waals surface area contributed by atoms with Crippen LogP contribution in [0.5, 0.6) is 5.75 Å². The van der Waals surface area contributed by atoms with E-state index in [2.05, 4.69) is 11.0 Å². The molecule has 0 aliphatic carbocycles. The fourth-order valence-corrected chi connectivity index (χ4v) is 2.30. The summed E-state index contributed by atoms with van der Waals surface area (Å²) in [7, 11) is 1.47. The van der Waals surface area contributed by atoms with Gasteiger partial charge in [0.15, 0.2) is 11.6 Å². The third kappa shape index (κ3) is 2.80. The molecule has 1 heterocycles. The Morgan fingerprint density at radius 2 is 2.17 bits per heavy atom. The van der Waals surface area contributed by atoms with Crippen molar-refractivity contribution in [3.05, 3.63) is 29.6 Å². The molecule has 1 fully saturated rings. The number of benzene rings is 1. The second kappa shape index (κ2) is 5.83. The Bertz CT molecular complexity index is 448. The number of hydrogen-bond acceptors (Lipinski definition) is 3. The normalized spacial score (nSPS) is 17.4. The fraction of sp³-hybridized carbons (Fsp3) is 0.500. The van der Waals surface area contributed by atoms with Crippen molar-refractivity contribution in [3.63, 3.8) is 0 Å². The highest BCUT2D eigenvalue weighted by Crippen LogP contribution is 2.23. The Labute approximate surface area is 107 Å². The minimum atomic E-state index is -0.276. The maximum atomic E-state index is 14.0. The summed E-state index contributed by atoms with van der Waals surface area (Å²) in [5.41, 5.74) is 0.657. The SMILES string of the molecule is COc1cccc(CN2CCC(C#N)CC2)c1F. The molecule has 4 heteroatoms. The molecule has 0 amide bonds. The zero-order valence-corrected chi connectivity index (χ0v) is 10.5. The van der Waals surface area contributed by atoms with Crippen molar-refractivity contribution >= 4 is 0 Å². The molecule has 1 aliphatic heterocycles. The third-order valence-electron chi connectivity index (χ3n) is 3.43. The lowest BCUT2D eigenvalue weighted by atomic mass is 9.98. The lowest BCUT2D eigenvalue weighted by Gasteiger charge is -2.29. The summed E-state index contributed by atoms with van der Waals surface area (Å²) >= 11 is 0. The van der Waals surface area contributed by atoms with Gasteiger partial charge in [-0.1, -0.05) is 12.1 Å². The van der Waals surface area contributed by atoms with Crippen LogP contribution in [0.25, 0.3) is 0 Å². The van der Waals surface area contributed by atoms with Crippen molar-refractivity contribution in [1.82, 2.24) is 4.90 Å². The first-order valence-electron chi connectivity index (χ1n) is 6.18. The van der Waals surface area contributed by atoms with Crippen LogP contribution in [0, 0.1) is 23.1 Å². The molecule has 0 saturated carbocycles. The van der Waals surface area contributed by atoms with Crippen LogP contribution < -0.4 is 4.74 Å². The summed E-state index contributed by atoms with van der Waals surface area (Å²) in [6.07, 6.45) is 1.75. The summed E-state index contributed by atoms with van der Waals surface area (Å²) in [6.45, 7) is 2.30. The Hall–Kier alpha value is -1.60. The lowest BCUT2D eigenvalue weighted by Crippen LogP contribution is -2.33. The highest BCUT2D eigenvalue weighted by atomic mass is 19.1. The van der Waals surface area contributed by atoms with Crippen LogP contribution in [-0.2, 0) is 6.54 Å². The largest absolute Gasteiger partial charge is 0.494 e. The van der Waals surface area contributed by atoms with E-state index >= 15 is 0 Å². The summed E-state index contributed by atoms with van der Waals surface area (Å²) in [5.74, 6) is 0.179. The Balaban J connectivity index is 2.00. The van der Waals surface area contributed by atoms with Gasteiger partial charge in [0.05, 0.1) is 13.2 Å². The monoisotopic (exact) mass is 248 g/mol. The highest BCUT2D eigenvalue weighted by Gasteiger charge is 2.20. The van der Waals surface area contributed by atoms with Crippen LogP contribution in [0.3, 0.4) is 0 Å². The zero-order chi connectivity index (χ0) is 13.0. The number of methoxy groups -OCH3 is 1. The molecule has 2 rings (SSSR count). The summed E-state index contributed by atoms with van der Waals surface area (Å²) in [5, 5.41) is 8.83. The average Bonchev–Trinajstić information content (AvgIpc) is 2.42. The van der Waals surface area contributed by atoms with E-state index in [9.17, 15) is 4.39 Å². The minimum Gasteiger partial charge on any atom is -0.494 e. The van der Waals surface area contributed by atoms with Crippen molar-refractivity contribution in [2.45, 2.75) is 19.4 Å². The van der Waals surface area contributed by atoms with Gasteiger partial charge in [0.1, 0.15) is 0 Å². The average molecular weight is 248 g/mol. The van der Waals surface area contributed by atoms with Crippen LogP contribution in [0.15, 0.2) is 18.2 Å². The van der Waals surface area contributed by atoms with E-state index in [4.69, 9.17) is 10.00 Å².